The van der Waals surface area contributed by atoms with E-state index in [1.54, 1.807) is 0 Å². The zero-order valence-electron chi connectivity index (χ0n) is 13.0. The van der Waals surface area contributed by atoms with Gasteiger partial charge < -0.3 is 4.74 Å². The van der Waals surface area contributed by atoms with Gasteiger partial charge in [0.25, 0.3) is 5.91 Å². The van der Waals surface area contributed by atoms with Crippen LogP contribution in [0.25, 0.3) is 0 Å². The Kier molecular flexibility index (Phi) is 5.44. The smallest absolute Gasteiger partial charge is 0.273 e. The molecule has 114 valence electrons. The Morgan fingerprint density at radius 3 is 2.32 bits per heavy atom. The molecule has 2 aromatic rings. The summed E-state index contributed by atoms with van der Waals surface area (Å²) in [4.78, 5) is 12.2. The molecule has 2 aromatic carbocycles. The second kappa shape index (κ2) is 7.52. The Morgan fingerprint density at radius 1 is 1.09 bits per heavy atom. The summed E-state index contributed by atoms with van der Waals surface area (Å²) in [6, 6.07) is 17.3. The lowest BCUT2D eigenvalue weighted by Crippen LogP contribution is -2.27. The van der Waals surface area contributed by atoms with Crippen LogP contribution in [0.5, 0.6) is 0 Å². The van der Waals surface area contributed by atoms with Crippen molar-refractivity contribution in [3.05, 3.63) is 71.3 Å². The highest BCUT2D eigenvalue weighted by Crippen LogP contribution is 2.16. The van der Waals surface area contributed by atoms with Crippen LogP contribution in [0.15, 0.2) is 59.7 Å². The van der Waals surface area contributed by atoms with Gasteiger partial charge in [0, 0.05) is 7.11 Å². The molecule has 22 heavy (non-hydrogen) atoms. The number of aryl methyl sites for hydroxylation is 1. The number of methoxy groups -OCH3 is 1. The molecule has 0 aliphatic heterocycles. The van der Waals surface area contributed by atoms with Crippen molar-refractivity contribution in [2.24, 2.45) is 5.10 Å². The molecule has 0 bridgehead atoms. The van der Waals surface area contributed by atoms with Crippen molar-refractivity contribution in [1.82, 2.24) is 5.43 Å². The molecule has 0 aromatic heterocycles. The van der Waals surface area contributed by atoms with Gasteiger partial charge in [-0.1, -0.05) is 60.2 Å². The summed E-state index contributed by atoms with van der Waals surface area (Å²) in [6.45, 7) is 3.89. The van der Waals surface area contributed by atoms with Gasteiger partial charge in [0.05, 0.1) is 5.71 Å². The summed E-state index contributed by atoms with van der Waals surface area (Å²) < 4.78 is 5.27. The average molecular weight is 296 g/mol. The van der Waals surface area contributed by atoms with E-state index in [-0.39, 0.29) is 5.91 Å². The van der Waals surface area contributed by atoms with Crippen LogP contribution in [0.3, 0.4) is 0 Å². The first-order valence-electron chi connectivity index (χ1n) is 7.10. The Bertz CT molecular complexity index is 649. The molecule has 1 N–H and O–H groups in total. The lowest BCUT2D eigenvalue weighted by atomic mass is 10.1. The van der Waals surface area contributed by atoms with E-state index in [2.05, 4.69) is 10.5 Å². The maximum absolute atomic E-state index is 12.2. The van der Waals surface area contributed by atoms with E-state index < -0.39 is 6.10 Å². The average Bonchev–Trinajstić information content (AvgIpc) is 2.55. The van der Waals surface area contributed by atoms with Gasteiger partial charge in [0.2, 0.25) is 0 Å². The van der Waals surface area contributed by atoms with Crippen molar-refractivity contribution in [2.45, 2.75) is 20.0 Å². The third-order valence-corrected chi connectivity index (χ3v) is 3.38. The Balaban J connectivity index is 2.07. The number of nitrogens with one attached hydrogen (secondary N) is 1. The first-order chi connectivity index (χ1) is 10.6. The van der Waals surface area contributed by atoms with Crippen molar-refractivity contribution >= 4 is 11.6 Å². The molecule has 4 heteroatoms. The molecule has 0 heterocycles. The fourth-order valence-electron chi connectivity index (χ4n) is 2.08. The largest absolute Gasteiger partial charge is 0.367 e. The number of hydrogen-bond donors (Lipinski definition) is 1. The zero-order chi connectivity index (χ0) is 15.9. The molecule has 4 nitrogen and oxygen atoms in total. The number of benzene rings is 2. The number of rotatable bonds is 5. The minimum atomic E-state index is -0.671. The quantitative estimate of drug-likeness (QED) is 0.680. The first-order valence-corrected chi connectivity index (χ1v) is 7.10. The van der Waals surface area contributed by atoms with Crippen LogP contribution in [0.2, 0.25) is 0 Å². The number of hydrogen-bond acceptors (Lipinski definition) is 3. The van der Waals surface area contributed by atoms with Crippen LogP contribution < -0.4 is 5.43 Å². The van der Waals surface area contributed by atoms with E-state index in [1.165, 1.54) is 12.7 Å². The molecule has 1 amide bonds. The van der Waals surface area contributed by atoms with Crippen LogP contribution >= 0.6 is 0 Å². The minimum absolute atomic E-state index is 0.292. The molecule has 0 radical (unpaired) electrons. The standard InChI is InChI=1S/C18H20N2O2/c1-13-9-11-15(12-10-13)14(2)19-20-18(21)17(22-3)16-7-5-4-6-8-16/h4-12,17H,1-3H3,(H,20,21)/b19-14-/t17-/m1/s1. The van der Waals surface area contributed by atoms with Gasteiger partial charge >= 0.3 is 0 Å². The van der Waals surface area contributed by atoms with Gasteiger partial charge in [0.1, 0.15) is 0 Å². The third kappa shape index (κ3) is 4.02. The number of nitrogens with zero attached hydrogens (tertiary/aromatic N) is 1. The van der Waals surface area contributed by atoms with E-state index in [9.17, 15) is 4.79 Å². The van der Waals surface area contributed by atoms with E-state index in [1.807, 2.05) is 68.4 Å². The highest BCUT2D eigenvalue weighted by atomic mass is 16.5. The Morgan fingerprint density at radius 2 is 1.73 bits per heavy atom. The fraction of sp³-hybridized carbons (Fsp3) is 0.222. The van der Waals surface area contributed by atoms with Crippen LogP contribution in [-0.4, -0.2) is 18.7 Å². The lowest BCUT2D eigenvalue weighted by Gasteiger charge is -2.14. The predicted octanol–water partition coefficient (Wildman–Crippen LogP) is 3.22. The molecular formula is C18H20N2O2. The van der Waals surface area contributed by atoms with Gasteiger partial charge in [-0.15, -0.1) is 0 Å². The van der Waals surface area contributed by atoms with E-state index in [4.69, 9.17) is 4.74 Å². The molecule has 2 rings (SSSR count). The van der Waals surface area contributed by atoms with Crippen molar-refractivity contribution in [2.75, 3.05) is 7.11 Å². The Labute approximate surface area is 130 Å². The summed E-state index contributed by atoms with van der Waals surface area (Å²) in [6.07, 6.45) is -0.671. The number of amides is 1. The molecule has 0 aliphatic rings. The molecule has 1 atom stereocenters. The van der Waals surface area contributed by atoms with E-state index >= 15 is 0 Å². The van der Waals surface area contributed by atoms with Gasteiger partial charge in [-0.3, -0.25) is 4.79 Å². The summed E-state index contributed by atoms with van der Waals surface area (Å²) in [7, 11) is 1.51. The molecule has 0 saturated carbocycles. The highest BCUT2D eigenvalue weighted by Gasteiger charge is 2.19. The van der Waals surface area contributed by atoms with Crippen LogP contribution in [0.1, 0.15) is 29.7 Å². The van der Waals surface area contributed by atoms with Gasteiger partial charge in [0.15, 0.2) is 6.10 Å². The number of ether oxygens (including phenoxy) is 1. The number of carbonyl (C=O) groups excluding carboxylic acids is 1. The fourth-order valence-corrected chi connectivity index (χ4v) is 2.08. The van der Waals surface area contributed by atoms with Crippen molar-refractivity contribution < 1.29 is 9.53 Å². The highest BCUT2D eigenvalue weighted by molar-refractivity contribution is 5.99. The second-order valence-electron chi connectivity index (χ2n) is 5.07. The number of carbonyl (C=O) groups is 1. The number of hydrazone groups is 1. The van der Waals surface area contributed by atoms with Crippen LogP contribution in [0, 0.1) is 6.92 Å². The third-order valence-electron chi connectivity index (χ3n) is 3.38. The predicted molar refractivity (Wildman–Crippen MR) is 87.7 cm³/mol. The van der Waals surface area contributed by atoms with Gasteiger partial charge in [-0.05, 0) is 25.0 Å². The molecule has 0 unspecified atom stereocenters. The minimum Gasteiger partial charge on any atom is -0.367 e. The topological polar surface area (TPSA) is 50.7 Å². The molecule has 0 spiro atoms. The second-order valence-corrected chi connectivity index (χ2v) is 5.07. The Hall–Kier alpha value is -2.46. The molecular weight excluding hydrogens is 276 g/mol. The lowest BCUT2D eigenvalue weighted by molar-refractivity contribution is -0.131. The van der Waals surface area contributed by atoms with Crippen molar-refractivity contribution in [3.8, 4) is 0 Å². The first kappa shape index (κ1) is 15.9. The maximum atomic E-state index is 12.2. The van der Waals surface area contributed by atoms with Crippen LogP contribution in [0.4, 0.5) is 0 Å². The maximum Gasteiger partial charge on any atom is 0.273 e. The van der Waals surface area contributed by atoms with Gasteiger partial charge in [-0.25, -0.2) is 5.43 Å². The van der Waals surface area contributed by atoms with E-state index in [0.717, 1.165) is 16.8 Å². The van der Waals surface area contributed by atoms with E-state index in [0.29, 0.717) is 0 Å². The van der Waals surface area contributed by atoms with Gasteiger partial charge in [-0.2, -0.15) is 5.10 Å². The zero-order valence-corrected chi connectivity index (χ0v) is 13.0. The molecule has 0 fully saturated rings. The summed E-state index contributed by atoms with van der Waals surface area (Å²) in [5.41, 5.74) is 6.27. The monoisotopic (exact) mass is 296 g/mol. The molecule has 0 aliphatic carbocycles. The summed E-state index contributed by atoms with van der Waals surface area (Å²) in [5.74, 6) is -0.292. The van der Waals surface area contributed by atoms with Crippen molar-refractivity contribution in [3.63, 3.8) is 0 Å². The summed E-state index contributed by atoms with van der Waals surface area (Å²) >= 11 is 0. The van der Waals surface area contributed by atoms with Crippen LogP contribution in [-0.2, 0) is 9.53 Å². The SMILES string of the molecule is CO[C@@H](C(=O)N/N=C(/C)c1ccc(C)cc1)c1ccccc1. The normalized spacial score (nSPS) is 12.8. The molecule has 0 saturated heterocycles. The summed E-state index contributed by atoms with van der Waals surface area (Å²) in [5, 5.41) is 4.16. The van der Waals surface area contributed by atoms with Crippen molar-refractivity contribution in [1.29, 1.82) is 0 Å².